The number of carbonyl (C=O) groups is 2. The Balaban J connectivity index is 2.07. The van der Waals surface area contributed by atoms with Crippen molar-refractivity contribution >= 4 is 18.0 Å². The summed E-state index contributed by atoms with van der Waals surface area (Å²) in [6, 6.07) is 14.7. The van der Waals surface area contributed by atoms with Gasteiger partial charge in [0.1, 0.15) is 23.1 Å². The number of esters is 2. The minimum atomic E-state index is -0.783. The van der Waals surface area contributed by atoms with E-state index in [0.717, 1.165) is 12.2 Å². The molecule has 0 N–H and O–H groups in total. The number of methoxy groups -OCH3 is 1. The van der Waals surface area contributed by atoms with E-state index in [1.165, 1.54) is 37.5 Å². The van der Waals surface area contributed by atoms with Crippen LogP contribution in [0.4, 0.5) is 0 Å². The molecule has 0 atom stereocenters. The van der Waals surface area contributed by atoms with Crippen LogP contribution in [0.25, 0.3) is 6.08 Å². The summed E-state index contributed by atoms with van der Waals surface area (Å²) in [4.78, 5) is 23.6. The summed E-state index contributed by atoms with van der Waals surface area (Å²) < 4.78 is 15.3. The number of ether oxygens (including phenoxy) is 3. The van der Waals surface area contributed by atoms with E-state index in [1.807, 2.05) is 13.0 Å². The quantitative estimate of drug-likeness (QED) is 0.321. The molecular weight excluding hydrogens is 346 g/mol. The zero-order valence-corrected chi connectivity index (χ0v) is 15.1. The van der Waals surface area contributed by atoms with Crippen LogP contribution < -0.4 is 9.47 Å². The Bertz CT molecular complexity index is 861. The van der Waals surface area contributed by atoms with Crippen LogP contribution in [0.2, 0.25) is 0 Å². The number of nitrogens with zero attached hydrogens (tertiary/aromatic N) is 1. The molecule has 2 aromatic rings. The van der Waals surface area contributed by atoms with Gasteiger partial charge in [0.2, 0.25) is 0 Å². The molecule has 0 spiro atoms. The second-order valence-corrected chi connectivity index (χ2v) is 5.49. The Hall–Kier alpha value is -3.59. The molecule has 6 heteroatoms. The van der Waals surface area contributed by atoms with Crippen molar-refractivity contribution in [2.24, 2.45) is 0 Å². The number of hydrogen-bond donors (Lipinski definition) is 0. The fourth-order valence-corrected chi connectivity index (χ4v) is 2.12. The highest BCUT2D eigenvalue weighted by molar-refractivity contribution is 5.99. The predicted molar refractivity (Wildman–Crippen MR) is 99.2 cm³/mol. The molecule has 2 aromatic carbocycles. The van der Waals surface area contributed by atoms with E-state index >= 15 is 0 Å². The lowest BCUT2D eigenvalue weighted by molar-refractivity contribution is -0.129. The minimum absolute atomic E-state index is 0.144. The Morgan fingerprint density at radius 3 is 2.22 bits per heavy atom. The Morgan fingerprint density at radius 1 is 1.04 bits per heavy atom. The topological polar surface area (TPSA) is 85.6 Å². The third-order valence-electron chi connectivity index (χ3n) is 3.49. The van der Waals surface area contributed by atoms with Crippen LogP contribution in [0.15, 0.2) is 54.1 Å². The van der Waals surface area contributed by atoms with Crippen molar-refractivity contribution in [2.75, 3.05) is 13.7 Å². The van der Waals surface area contributed by atoms with Gasteiger partial charge in [-0.3, -0.25) is 0 Å². The summed E-state index contributed by atoms with van der Waals surface area (Å²) >= 11 is 0. The van der Waals surface area contributed by atoms with Crippen molar-refractivity contribution in [1.29, 1.82) is 5.26 Å². The molecule has 0 unspecified atom stereocenters. The molecule has 0 fully saturated rings. The molecule has 0 heterocycles. The van der Waals surface area contributed by atoms with Gasteiger partial charge in [0, 0.05) is 0 Å². The van der Waals surface area contributed by atoms with Gasteiger partial charge >= 0.3 is 11.9 Å². The molecule has 0 bridgehead atoms. The first-order valence-electron chi connectivity index (χ1n) is 8.32. The smallest absolute Gasteiger partial charge is 0.354 e. The number of carbonyl (C=O) groups excluding carboxylic acids is 2. The molecule has 0 aliphatic rings. The molecule has 0 aliphatic heterocycles. The van der Waals surface area contributed by atoms with E-state index in [1.54, 1.807) is 24.3 Å². The van der Waals surface area contributed by atoms with Crippen LogP contribution in [0.3, 0.4) is 0 Å². The third-order valence-corrected chi connectivity index (χ3v) is 3.49. The second kappa shape index (κ2) is 9.78. The summed E-state index contributed by atoms with van der Waals surface area (Å²) in [5.74, 6) is -0.329. The lowest BCUT2D eigenvalue weighted by Gasteiger charge is -2.06. The lowest BCUT2D eigenvalue weighted by Crippen LogP contribution is -2.10. The van der Waals surface area contributed by atoms with Gasteiger partial charge in [0.25, 0.3) is 0 Å². The zero-order chi connectivity index (χ0) is 19.6. The van der Waals surface area contributed by atoms with Crippen LogP contribution in [-0.2, 0) is 9.53 Å². The van der Waals surface area contributed by atoms with Crippen LogP contribution >= 0.6 is 0 Å². The molecule has 2 rings (SSSR count). The molecule has 6 nitrogen and oxygen atoms in total. The molecule has 0 aliphatic carbocycles. The molecular formula is C21H19NO5. The Morgan fingerprint density at radius 2 is 1.67 bits per heavy atom. The van der Waals surface area contributed by atoms with Gasteiger partial charge < -0.3 is 14.2 Å². The molecule has 0 aromatic heterocycles. The van der Waals surface area contributed by atoms with E-state index in [2.05, 4.69) is 4.74 Å². The van der Waals surface area contributed by atoms with Crippen molar-refractivity contribution in [3.05, 3.63) is 65.2 Å². The normalized spacial score (nSPS) is 10.6. The summed E-state index contributed by atoms with van der Waals surface area (Å²) in [6.07, 6.45) is 2.35. The van der Waals surface area contributed by atoms with Crippen molar-refractivity contribution in [3.8, 4) is 17.6 Å². The van der Waals surface area contributed by atoms with Gasteiger partial charge in [0.05, 0.1) is 19.3 Å². The predicted octanol–water partition coefficient (Wildman–Crippen LogP) is 3.77. The van der Waals surface area contributed by atoms with E-state index < -0.39 is 11.9 Å². The van der Waals surface area contributed by atoms with Crippen LogP contribution in [-0.4, -0.2) is 25.7 Å². The van der Waals surface area contributed by atoms with Gasteiger partial charge in [-0.2, -0.15) is 5.26 Å². The third kappa shape index (κ3) is 5.72. The standard InChI is InChI=1S/C21H19NO5/c1-3-12-26-18-8-4-15(5-9-18)13-17(14-22)21(24)27-19-10-6-16(7-11-19)20(23)25-2/h4-11,13H,3,12H2,1-2H3/b17-13+. The van der Waals surface area contributed by atoms with Crippen molar-refractivity contribution < 1.29 is 23.8 Å². The van der Waals surface area contributed by atoms with E-state index in [9.17, 15) is 14.9 Å². The first-order valence-corrected chi connectivity index (χ1v) is 8.32. The number of nitriles is 1. The lowest BCUT2D eigenvalue weighted by atomic mass is 10.1. The van der Waals surface area contributed by atoms with Crippen molar-refractivity contribution in [2.45, 2.75) is 13.3 Å². The monoisotopic (exact) mass is 365 g/mol. The Labute approximate surface area is 157 Å². The van der Waals surface area contributed by atoms with Gasteiger partial charge in [-0.1, -0.05) is 19.1 Å². The van der Waals surface area contributed by atoms with Crippen LogP contribution in [0, 0.1) is 11.3 Å². The van der Waals surface area contributed by atoms with E-state index in [4.69, 9.17) is 9.47 Å². The molecule has 0 amide bonds. The SMILES string of the molecule is CCCOc1ccc(/C=C(\C#N)C(=O)Oc2ccc(C(=O)OC)cc2)cc1. The maximum atomic E-state index is 12.2. The maximum absolute atomic E-state index is 12.2. The van der Waals surface area contributed by atoms with Crippen LogP contribution in [0.5, 0.6) is 11.5 Å². The second-order valence-electron chi connectivity index (χ2n) is 5.49. The largest absolute Gasteiger partial charge is 0.494 e. The van der Waals surface area contributed by atoms with Gasteiger partial charge in [-0.25, -0.2) is 9.59 Å². The first kappa shape index (κ1) is 19.7. The molecule has 0 saturated heterocycles. The van der Waals surface area contributed by atoms with Gasteiger partial charge in [-0.05, 0) is 54.5 Å². The number of benzene rings is 2. The molecule has 138 valence electrons. The highest BCUT2D eigenvalue weighted by atomic mass is 16.5. The van der Waals surface area contributed by atoms with Crippen molar-refractivity contribution in [1.82, 2.24) is 0 Å². The molecule has 27 heavy (non-hydrogen) atoms. The van der Waals surface area contributed by atoms with Crippen LogP contribution in [0.1, 0.15) is 29.3 Å². The average molecular weight is 365 g/mol. The summed E-state index contributed by atoms with van der Waals surface area (Å²) in [7, 11) is 1.28. The van der Waals surface area contributed by atoms with Gasteiger partial charge in [-0.15, -0.1) is 0 Å². The minimum Gasteiger partial charge on any atom is -0.494 e. The average Bonchev–Trinajstić information content (AvgIpc) is 2.71. The summed E-state index contributed by atoms with van der Waals surface area (Å²) in [5, 5.41) is 9.25. The Kier molecular flexibility index (Phi) is 7.15. The highest BCUT2D eigenvalue weighted by Crippen LogP contribution is 2.17. The maximum Gasteiger partial charge on any atom is 0.354 e. The van der Waals surface area contributed by atoms with Gasteiger partial charge in [0.15, 0.2) is 0 Å². The van der Waals surface area contributed by atoms with E-state index in [-0.39, 0.29) is 11.3 Å². The molecule has 0 saturated carbocycles. The van der Waals surface area contributed by atoms with E-state index in [0.29, 0.717) is 17.7 Å². The summed E-state index contributed by atoms with van der Waals surface area (Å²) in [5.41, 5.74) is 0.862. The fourth-order valence-electron chi connectivity index (χ4n) is 2.12. The number of rotatable bonds is 7. The fraction of sp³-hybridized carbons (Fsp3) is 0.190. The summed E-state index contributed by atoms with van der Waals surface area (Å²) in [6.45, 7) is 2.64. The first-order chi connectivity index (χ1) is 13.1. The highest BCUT2D eigenvalue weighted by Gasteiger charge is 2.13. The molecule has 0 radical (unpaired) electrons. The van der Waals surface area contributed by atoms with Crippen molar-refractivity contribution in [3.63, 3.8) is 0 Å². The number of hydrogen-bond acceptors (Lipinski definition) is 6. The zero-order valence-electron chi connectivity index (χ0n) is 15.1.